The number of methoxy groups -OCH3 is 1. The molecule has 5 heteroatoms. The van der Waals surface area contributed by atoms with Crippen LogP contribution in [-0.4, -0.2) is 49.7 Å². The number of fused-ring (bicyclic) bond motifs is 1. The van der Waals surface area contributed by atoms with E-state index in [-0.39, 0.29) is 12.4 Å². The molecule has 1 aliphatic heterocycles. The smallest absolute Gasteiger partial charge is 0.137 e. The fraction of sp³-hybridized carbons (Fsp3) is 0.348. The maximum absolute atomic E-state index is 5.30. The Labute approximate surface area is 173 Å². The molecule has 0 spiro atoms. The molecule has 148 valence electrons. The first-order valence-electron chi connectivity index (χ1n) is 9.80. The molecule has 0 radical (unpaired) electrons. The average Bonchev–Trinajstić information content (AvgIpc) is 2.98. The Morgan fingerprint density at radius 1 is 0.964 bits per heavy atom. The van der Waals surface area contributed by atoms with E-state index in [9.17, 15) is 0 Å². The molecule has 0 amide bonds. The Balaban J connectivity index is 0.00000225. The van der Waals surface area contributed by atoms with Crippen LogP contribution >= 0.6 is 12.4 Å². The average molecular weight is 398 g/mol. The summed E-state index contributed by atoms with van der Waals surface area (Å²) in [6.07, 6.45) is 1.18. The molecule has 1 aromatic heterocycles. The standard InChI is InChI=1S/C23H27N3O.ClH/c1-3-25-13-6-14-26(16-15-25)23-21-8-5-4-7-19(21)17-22(24-23)18-9-11-20(27-2)12-10-18;/h4-5,7-12,17H,3,6,13-16H2,1-2H3;1H. The summed E-state index contributed by atoms with van der Waals surface area (Å²) in [5, 5.41) is 2.48. The van der Waals surface area contributed by atoms with E-state index >= 15 is 0 Å². The summed E-state index contributed by atoms with van der Waals surface area (Å²) >= 11 is 0. The minimum Gasteiger partial charge on any atom is -0.497 e. The Morgan fingerprint density at radius 2 is 1.75 bits per heavy atom. The number of hydrogen-bond donors (Lipinski definition) is 0. The van der Waals surface area contributed by atoms with Gasteiger partial charge in [-0.3, -0.25) is 0 Å². The van der Waals surface area contributed by atoms with E-state index in [2.05, 4.69) is 59.2 Å². The number of likely N-dealkylation sites (N-methyl/N-ethyl adjacent to an activating group) is 1. The van der Waals surface area contributed by atoms with Crippen LogP contribution in [0.5, 0.6) is 5.75 Å². The molecule has 0 aliphatic carbocycles. The van der Waals surface area contributed by atoms with Crippen LogP contribution in [0.2, 0.25) is 0 Å². The lowest BCUT2D eigenvalue weighted by Gasteiger charge is -2.24. The zero-order valence-electron chi connectivity index (χ0n) is 16.6. The van der Waals surface area contributed by atoms with Crippen molar-refractivity contribution < 1.29 is 4.74 Å². The Hall–Kier alpha value is -2.30. The number of rotatable bonds is 4. The van der Waals surface area contributed by atoms with Gasteiger partial charge in [0.25, 0.3) is 0 Å². The molecule has 2 aromatic carbocycles. The Bertz CT molecular complexity index is 913. The first-order valence-corrected chi connectivity index (χ1v) is 9.80. The van der Waals surface area contributed by atoms with Crippen molar-refractivity contribution in [3.63, 3.8) is 0 Å². The first kappa shape index (κ1) is 20.4. The third kappa shape index (κ3) is 4.23. The van der Waals surface area contributed by atoms with E-state index in [0.29, 0.717) is 0 Å². The Kier molecular flexibility index (Phi) is 6.76. The minimum absolute atomic E-state index is 0. The van der Waals surface area contributed by atoms with Crippen LogP contribution in [0.25, 0.3) is 22.0 Å². The fourth-order valence-corrected chi connectivity index (χ4v) is 3.83. The molecule has 2 heterocycles. The number of nitrogens with zero attached hydrogens (tertiary/aromatic N) is 3. The number of hydrogen-bond acceptors (Lipinski definition) is 4. The summed E-state index contributed by atoms with van der Waals surface area (Å²) in [6.45, 7) is 7.71. The summed E-state index contributed by atoms with van der Waals surface area (Å²) < 4.78 is 5.30. The van der Waals surface area contributed by atoms with Gasteiger partial charge < -0.3 is 14.5 Å². The van der Waals surface area contributed by atoms with Gasteiger partial charge in [0.2, 0.25) is 0 Å². The van der Waals surface area contributed by atoms with Gasteiger partial charge >= 0.3 is 0 Å². The predicted octanol–water partition coefficient (Wildman–Crippen LogP) is 4.86. The zero-order valence-corrected chi connectivity index (χ0v) is 17.4. The minimum atomic E-state index is 0. The lowest BCUT2D eigenvalue weighted by atomic mass is 10.1. The van der Waals surface area contributed by atoms with Gasteiger partial charge in [0.1, 0.15) is 11.6 Å². The van der Waals surface area contributed by atoms with Crippen molar-refractivity contribution in [2.24, 2.45) is 0 Å². The van der Waals surface area contributed by atoms with Crippen LogP contribution in [0.15, 0.2) is 54.6 Å². The third-order valence-corrected chi connectivity index (χ3v) is 5.44. The van der Waals surface area contributed by atoms with Crippen molar-refractivity contribution >= 4 is 29.0 Å². The van der Waals surface area contributed by atoms with Gasteiger partial charge in [-0.2, -0.15) is 0 Å². The molecule has 0 N–H and O–H groups in total. The van der Waals surface area contributed by atoms with Gasteiger partial charge in [-0.05, 0) is 55.2 Å². The Morgan fingerprint density at radius 3 is 2.50 bits per heavy atom. The largest absolute Gasteiger partial charge is 0.497 e. The van der Waals surface area contributed by atoms with Gasteiger partial charge in [-0.15, -0.1) is 12.4 Å². The van der Waals surface area contributed by atoms with Crippen LogP contribution in [0.4, 0.5) is 5.82 Å². The molecule has 0 unspecified atom stereocenters. The van der Waals surface area contributed by atoms with E-state index in [1.165, 1.54) is 23.7 Å². The number of anilines is 1. The highest BCUT2D eigenvalue weighted by Crippen LogP contribution is 2.31. The van der Waals surface area contributed by atoms with Crippen LogP contribution in [0.3, 0.4) is 0 Å². The van der Waals surface area contributed by atoms with Gasteiger partial charge in [0.15, 0.2) is 0 Å². The third-order valence-electron chi connectivity index (χ3n) is 5.44. The lowest BCUT2D eigenvalue weighted by molar-refractivity contribution is 0.310. The molecule has 4 nitrogen and oxygen atoms in total. The van der Waals surface area contributed by atoms with Gasteiger partial charge in [0.05, 0.1) is 12.8 Å². The number of ether oxygens (including phenoxy) is 1. The highest BCUT2D eigenvalue weighted by Gasteiger charge is 2.18. The number of benzene rings is 2. The molecular formula is C23H28ClN3O. The summed E-state index contributed by atoms with van der Waals surface area (Å²) in [4.78, 5) is 10.1. The molecule has 1 fully saturated rings. The molecule has 4 rings (SSSR count). The molecule has 0 bridgehead atoms. The second-order valence-electron chi connectivity index (χ2n) is 7.06. The van der Waals surface area contributed by atoms with Crippen molar-refractivity contribution in [2.45, 2.75) is 13.3 Å². The maximum atomic E-state index is 5.30. The van der Waals surface area contributed by atoms with Crippen molar-refractivity contribution in [3.8, 4) is 17.0 Å². The van der Waals surface area contributed by atoms with Crippen LogP contribution in [-0.2, 0) is 0 Å². The summed E-state index contributed by atoms with van der Waals surface area (Å²) in [6, 6.07) is 18.9. The molecule has 0 saturated carbocycles. The highest BCUT2D eigenvalue weighted by molar-refractivity contribution is 5.95. The van der Waals surface area contributed by atoms with Crippen molar-refractivity contribution in [1.29, 1.82) is 0 Å². The molecule has 28 heavy (non-hydrogen) atoms. The van der Waals surface area contributed by atoms with Crippen molar-refractivity contribution in [1.82, 2.24) is 9.88 Å². The molecule has 0 atom stereocenters. The number of aromatic nitrogens is 1. The lowest BCUT2D eigenvalue weighted by Crippen LogP contribution is -2.31. The van der Waals surface area contributed by atoms with Crippen LogP contribution in [0, 0.1) is 0 Å². The van der Waals surface area contributed by atoms with E-state index < -0.39 is 0 Å². The van der Waals surface area contributed by atoms with E-state index in [0.717, 1.165) is 49.0 Å². The van der Waals surface area contributed by atoms with Gasteiger partial charge in [-0.25, -0.2) is 4.98 Å². The van der Waals surface area contributed by atoms with Crippen LogP contribution < -0.4 is 9.64 Å². The highest BCUT2D eigenvalue weighted by atomic mass is 35.5. The second-order valence-corrected chi connectivity index (χ2v) is 7.06. The maximum Gasteiger partial charge on any atom is 0.137 e. The fourth-order valence-electron chi connectivity index (χ4n) is 3.83. The van der Waals surface area contributed by atoms with Crippen LogP contribution in [0.1, 0.15) is 13.3 Å². The van der Waals surface area contributed by atoms with Gasteiger partial charge in [0, 0.05) is 30.6 Å². The zero-order chi connectivity index (χ0) is 18.6. The summed E-state index contributed by atoms with van der Waals surface area (Å²) in [5.74, 6) is 1.98. The van der Waals surface area contributed by atoms with E-state index in [1.54, 1.807) is 7.11 Å². The van der Waals surface area contributed by atoms with E-state index in [1.807, 2.05) is 12.1 Å². The topological polar surface area (TPSA) is 28.6 Å². The number of halogens is 1. The normalized spacial score (nSPS) is 15.1. The first-order chi connectivity index (χ1) is 13.3. The summed E-state index contributed by atoms with van der Waals surface area (Å²) in [7, 11) is 1.69. The van der Waals surface area contributed by atoms with Crippen molar-refractivity contribution in [3.05, 3.63) is 54.6 Å². The van der Waals surface area contributed by atoms with Crippen molar-refractivity contribution in [2.75, 3.05) is 44.7 Å². The number of pyridine rings is 1. The quantitative estimate of drug-likeness (QED) is 0.628. The second kappa shape index (κ2) is 9.26. The molecule has 1 saturated heterocycles. The molecule has 1 aliphatic rings. The van der Waals surface area contributed by atoms with Gasteiger partial charge in [-0.1, -0.05) is 31.2 Å². The van der Waals surface area contributed by atoms with E-state index in [4.69, 9.17) is 9.72 Å². The SMILES string of the molecule is CCN1CCCN(c2nc(-c3ccc(OC)cc3)cc3ccccc23)CC1.Cl. The predicted molar refractivity (Wildman–Crippen MR) is 120 cm³/mol. The molecular weight excluding hydrogens is 370 g/mol. The molecule has 3 aromatic rings. The summed E-state index contributed by atoms with van der Waals surface area (Å²) in [5.41, 5.74) is 2.13. The monoisotopic (exact) mass is 397 g/mol.